The zero-order valence-corrected chi connectivity index (χ0v) is 6.06. The Morgan fingerprint density at radius 1 is 1.33 bits per heavy atom. The van der Waals surface area contributed by atoms with Crippen molar-refractivity contribution in [2.75, 3.05) is 6.54 Å². The van der Waals surface area contributed by atoms with Crippen LogP contribution in [-0.4, -0.2) is 12.6 Å². The van der Waals surface area contributed by atoms with Crippen LogP contribution >= 0.6 is 0 Å². The minimum Gasteiger partial charge on any atom is -0.314 e. The molecule has 1 heteroatoms. The monoisotopic (exact) mass is 125 g/mol. The molecule has 0 spiro atoms. The van der Waals surface area contributed by atoms with E-state index >= 15 is 0 Å². The molecule has 0 aromatic carbocycles. The first-order valence-electron chi connectivity index (χ1n) is 4.09. The van der Waals surface area contributed by atoms with Crippen LogP contribution in [0.2, 0.25) is 0 Å². The summed E-state index contributed by atoms with van der Waals surface area (Å²) in [5.74, 6) is 2.03. The van der Waals surface area contributed by atoms with Gasteiger partial charge in [-0.2, -0.15) is 0 Å². The van der Waals surface area contributed by atoms with Crippen LogP contribution in [0.3, 0.4) is 0 Å². The lowest BCUT2D eigenvalue weighted by Crippen LogP contribution is -2.22. The minimum absolute atomic E-state index is 0.903. The highest BCUT2D eigenvalue weighted by atomic mass is 15.0. The van der Waals surface area contributed by atoms with Crippen LogP contribution in [0.25, 0.3) is 0 Å². The summed E-state index contributed by atoms with van der Waals surface area (Å²) in [6.45, 7) is 3.65. The van der Waals surface area contributed by atoms with E-state index in [4.69, 9.17) is 0 Å². The molecule has 0 amide bonds. The quantitative estimate of drug-likeness (QED) is 0.516. The van der Waals surface area contributed by atoms with Gasteiger partial charge in [0, 0.05) is 6.04 Å². The fraction of sp³-hybridized carbons (Fsp3) is 1.00. The first-order valence-corrected chi connectivity index (χ1v) is 4.09. The topological polar surface area (TPSA) is 12.0 Å². The molecule has 0 radical (unpaired) electrons. The van der Waals surface area contributed by atoms with Gasteiger partial charge < -0.3 is 5.32 Å². The first kappa shape index (κ1) is 5.72. The summed E-state index contributed by atoms with van der Waals surface area (Å²) < 4.78 is 0. The van der Waals surface area contributed by atoms with E-state index in [9.17, 15) is 0 Å². The van der Waals surface area contributed by atoms with Crippen molar-refractivity contribution in [3.8, 4) is 0 Å². The van der Waals surface area contributed by atoms with Crippen LogP contribution in [-0.2, 0) is 0 Å². The fourth-order valence-electron chi connectivity index (χ4n) is 2.43. The molecule has 1 aliphatic carbocycles. The number of hydrogen-bond acceptors (Lipinski definition) is 1. The molecule has 2 rings (SSSR count). The largest absolute Gasteiger partial charge is 0.314 e. The van der Waals surface area contributed by atoms with Crippen molar-refractivity contribution in [2.45, 2.75) is 32.2 Å². The second-order valence-electron chi connectivity index (χ2n) is 3.69. The van der Waals surface area contributed by atoms with Crippen molar-refractivity contribution in [3.05, 3.63) is 0 Å². The van der Waals surface area contributed by atoms with Crippen molar-refractivity contribution in [3.63, 3.8) is 0 Å². The summed E-state index contributed by atoms with van der Waals surface area (Å²) in [4.78, 5) is 0. The minimum atomic E-state index is 0.903. The van der Waals surface area contributed by atoms with Crippen molar-refractivity contribution < 1.29 is 0 Å². The molecule has 1 N–H and O–H groups in total. The highest BCUT2D eigenvalue weighted by Gasteiger charge is 2.34. The molecule has 1 saturated heterocycles. The number of fused-ring (bicyclic) bond motifs is 1. The molecular weight excluding hydrogens is 110 g/mol. The molecule has 3 unspecified atom stereocenters. The van der Waals surface area contributed by atoms with Crippen LogP contribution in [0, 0.1) is 11.8 Å². The van der Waals surface area contributed by atoms with E-state index in [1.165, 1.54) is 25.8 Å². The van der Waals surface area contributed by atoms with Gasteiger partial charge >= 0.3 is 0 Å². The van der Waals surface area contributed by atoms with E-state index in [1.54, 1.807) is 0 Å². The van der Waals surface area contributed by atoms with Gasteiger partial charge in [-0.25, -0.2) is 0 Å². The highest BCUT2D eigenvalue weighted by molar-refractivity contribution is 4.91. The van der Waals surface area contributed by atoms with E-state index in [0.29, 0.717) is 0 Å². The van der Waals surface area contributed by atoms with Gasteiger partial charge in [-0.15, -0.1) is 0 Å². The maximum absolute atomic E-state index is 3.55. The van der Waals surface area contributed by atoms with Crippen LogP contribution in [0.5, 0.6) is 0 Å². The van der Waals surface area contributed by atoms with Crippen LogP contribution in [0.15, 0.2) is 0 Å². The van der Waals surface area contributed by atoms with Crippen molar-refractivity contribution >= 4 is 0 Å². The van der Waals surface area contributed by atoms with Crippen LogP contribution in [0.1, 0.15) is 26.2 Å². The van der Waals surface area contributed by atoms with Gasteiger partial charge in [0.1, 0.15) is 0 Å². The zero-order valence-electron chi connectivity index (χ0n) is 6.06. The molecule has 0 aromatic heterocycles. The van der Waals surface area contributed by atoms with E-state index in [1.807, 2.05) is 0 Å². The summed E-state index contributed by atoms with van der Waals surface area (Å²) in [6, 6.07) is 0.903. The summed E-state index contributed by atoms with van der Waals surface area (Å²) in [5, 5.41) is 3.55. The Balaban J connectivity index is 2.02. The van der Waals surface area contributed by atoms with Crippen molar-refractivity contribution in [2.24, 2.45) is 11.8 Å². The molecule has 2 fully saturated rings. The lowest BCUT2D eigenvalue weighted by atomic mass is 10.0. The van der Waals surface area contributed by atoms with Gasteiger partial charge in [-0.1, -0.05) is 6.92 Å². The zero-order chi connectivity index (χ0) is 6.27. The fourth-order valence-corrected chi connectivity index (χ4v) is 2.43. The maximum Gasteiger partial charge on any atom is 0.00984 e. The molecule has 1 aliphatic heterocycles. The van der Waals surface area contributed by atoms with Gasteiger partial charge in [0.2, 0.25) is 0 Å². The van der Waals surface area contributed by atoms with E-state index in [2.05, 4.69) is 12.2 Å². The van der Waals surface area contributed by atoms with Gasteiger partial charge in [0.05, 0.1) is 0 Å². The van der Waals surface area contributed by atoms with E-state index < -0.39 is 0 Å². The molecule has 1 heterocycles. The average molecular weight is 125 g/mol. The Hall–Kier alpha value is -0.0400. The number of rotatable bonds is 0. The average Bonchev–Trinajstić information content (AvgIpc) is 2.22. The Morgan fingerprint density at radius 3 is 3.00 bits per heavy atom. The normalized spacial score (nSPS) is 49.7. The molecule has 1 saturated carbocycles. The van der Waals surface area contributed by atoms with Crippen LogP contribution < -0.4 is 5.32 Å². The first-order chi connectivity index (χ1) is 4.36. The maximum atomic E-state index is 3.55. The molecule has 0 aromatic rings. The third-order valence-electron chi connectivity index (χ3n) is 2.85. The second kappa shape index (κ2) is 1.98. The Kier molecular flexibility index (Phi) is 1.26. The Morgan fingerprint density at radius 2 is 2.22 bits per heavy atom. The van der Waals surface area contributed by atoms with Gasteiger partial charge in [-0.3, -0.25) is 0 Å². The number of hydrogen-bond donors (Lipinski definition) is 1. The van der Waals surface area contributed by atoms with Crippen LogP contribution in [0.4, 0.5) is 0 Å². The Bertz CT molecular complexity index is 99.1. The van der Waals surface area contributed by atoms with E-state index in [-0.39, 0.29) is 0 Å². The second-order valence-corrected chi connectivity index (χ2v) is 3.69. The molecule has 2 aliphatic rings. The van der Waals surface area contributed by atoms with Crippen molar-refractivity contribution in [1.29, 1.82) is 0 Å². The summed E-state index contributed by atoms with van der Waals surface area (Å²) in [5.41, 5.74) is 0. The number of nitrogens with one attached hydrogen (secondary N) is 1. The smallest absolute Gasteiger partial charge is 0.00984 e. The third kappa shape index (κ3) is 0.877. The molecule has 0 bridgehead atoms. The predicted molar refractivity (Wildman–Crippen MR) is 38.3 cm³/mol. The van der Waals surface area contributed by atoms with Crippen molar-refractivity contribution in [1.82, 2.24) is 5.32 Å². The molecule has 52 valence electrons. The van der Waals surface area contributed by atoms with Gasteiger partial charge in [0.25, 0.3) is 0 Å². The standard InChI is InChI=1S/C8H15N/c1-6-4-7-2-3-9-8(7)5-6/h6-9H,2-5H2,1H3. The lowest BCUT2D eigenvalue weighted by molar-refractivity contribution is 0.514. The highest BCUT2D eigenvalue weighted by Crippen LogP contribution is 2.35. The predicted octanol–water partition coefficient (Wildman–Crippen LogP) is 1.39. The SMILES string of the molecule is CC1CC2CCNC2C1. The van der Waals surface area contributed by atoms with E-state index in [0.717, 1.165) is 17.9 Å². The third-order valence-corrected chi connectivity index (χ3v) is 2.85. The molecule has 3 atom stereocenters. The molecular formula is C8H15N. The lowest BCUT2D eigenvalue weighted by Gasteiger charge is -2.05. The van der Waals surface area contributed by atoms with Gasteiger partial charge in [0.15, 0.2) is 0 Å². The summed E-state index contributed by atoms with van der Waals surface area (Å²) >= 11 is 0. The summed E-state index contributed by atoms with van der Waals surface area (Å²) in [6.07, 6.45) is 4.36. The van der Waals surface area contributed by atoms with Gasteiger partial charge in [-0.05, 0) is 37.6 Å². The molecule has 1 nitrogen and oxygen atoms in total. The summed E-state index contributed by atoms with van der Waals surface area (Å²) in [7, 11) is 0. The molecule has 9 heavy (non-hydrogen) atoms. The Labute approximate surface area is 56.8 Å².